The Morgan fingerprint density at radius 2 is 2.38 bits per heavy atom. The van der Waals surface area contributed by atoms with Crippen LogP contribution in [0.5, 0.6) is 0 Å². The maximum Gasteiger partial charge on any atom is 0.216 e. The lowest BCUT2D eigenvalue weighted by atomic mass is 10.0. The monoisotopic (exact) mass is 332 g/mol. The molecule has 0 amide bonds. The minimum atomic E-state index is -0.116. The van der Waals surface area contributed by atoms with Crippen molar-refractivity contribution in [3.05, 3.63) is 24.2 Å². The topological polar surface area (TPSA) is 100 Å². The maximum atomic E-state index is 5.79. The van der Waals surface area contributed by atoms with E-state index in [9.17, 15) is 0 Å². The van der Waals surface area contributed by atoms with E-state index in [-0.39, 0.29) is 5.60 Å². The van der Waals surface area contributed by atoms with Gasteiger partial charge in [0.05, 0.1) is 11.9 Å². The maximum absolute atomic E-state index is 5.79. The van der Waals surface area contributed by atoms with Gasteiger partial charge in [-0.05, 0) is 38.8 Å². The van der Waals surface area contributed by atoms with Gasteiger partial charge in [0.25, 0.3) is 0 Å². The summed E-state index contributed by atoms with van der Waals surface area (Å²) in [6.07, 6.45) is 3.77. The summed E-state index contributed by atoms with van der Waals surface area (Å²) >= 11 is 0. The van der Waals surface area contributed by atoms with Gasteiger partial charge in [-0.2, -0.15) is 0 Å². The van der Waals surface area contributed by atoms with Crippen molar-refractivity contribution < 1.29 is 9.15 Å². The van der Waals surface area contributed by atoms with Crippen LogP contribution < -0.4 is 10.6 Å². The van der Waals surface area contributed by atoms with Crippen LogP contribution in [0.3, 0.4) is 0 Å². The predicted molar refractivity (Wildman–Crippen MR) is 90.5 cm³/mol. The molecule has 0 aliphatic carbocycles. The molecule has 1 unspecified atom stereocenters. The first-order valence-corrected chi connectivity index (χ1v) is 8.30. The molecule has 1 saturated heterocycles. The lowest BCUT2D eigenvalue weighted by Crippen LogP contribution is -2.45. The van der Waals surface area contributed by atoms with Crippen molar-refractivity contribution in [3.8, 4) is 11.6 Å². The number of aliphatic imine (C=N–C) groups is 1. The molecule has 3 rings (SSSR count). The van der Waals surface area contributed by atoms with Crippen molar-refractivity contribution in [1.82, 2.24) is 25.8 Å². The van der Waals surface area contributed by atoms with Gasteiger partial charge in [-0.25, -0.2) is 9.98 Å². The van der Waals surface area contributed by atoms with E-state index in [0.29, 0.717) is 24.0 Å². The van der Waals surface area contributed by atoms with Crippen molar-refractivity contribution in [2.45, 2.75) is 38.8 Å². The Morgan fingerprint density at radius 1 is 1.46 bits per heavy atom. The van der Waals surface area contributed by atoms with Crippen LogP contribution in [0.1, 0.15) is 32.5 Å². The van der Waals surface area contributed by atoms with Crippen LogP contribution in [0.15, 0.2) is 27.8 Å². The molecule has 1 atom stereocenters. The fourth-order valence-electron chi connectivity index (χ4n) is 2.62. The highest BCUT2D eigenvalue weighted by Crippen LogP contribution is 2.23. The molecule has 0 bridgehead atoms. The molecule has 0 radical (unpaired) electrons. The van der Waals surface area contributed by atoms with Gasteiger partial charge in [-0.3, -0.25) is 5.10 Å². The van der Waals surface area contributed by atoms with Gasteiger partial charge >= 0.3 is 0 Å². The third-order valence-corrected chi connectivity index (χ3v) is 3.93. The quantitative estimate of drug-likeness (QED) is 0.550. The second-order valence-corrected chi connectivity index (χ2v) is 6.03. The first kappa shape index (κ1) is 16.5. The third kappa shape index (κ3) is 4.14. The second kappa shape index (κ2) is 7.48. The smallest absolute Gasteiger partial charge is 0.216 e. The number of aromatic amines is 1. The summed E-state index contributed by atoms with van der Waals surface area (Å²) in [7, 11) is 0. The number of guanidine groups is 1. The zero-order valence-corrected chi connectivity index (χ0v) is 14.1. The number of nitrogens with zero attached hydrogens (tertiary/aromatic N) is 3. The lowest BCUT2D eigenvalue weighted by Gasteiger charge is -2.24. The molecule has 8 heteroatoms. The Morgan fingerprint density at radius 3 is 3.08 bits per heavy atom. The van der Waals surface area contributed by atoms with Crippen molar-refractivity contribution in [1.29, 1.82) is 0 Å². The Kier molecular flexibility index (Phi) is 5.14. The molecule has 8 nitrogen and oxygen atoms in total. The van der Waals surface area contributed by atoms with Crippen molar-refractivity contribution in [3.63, 3.8) is 0 Å². The highest BCUT2D eigenvalue weighted by Gasteiger charge is 2.29. The van der Waals surface area contributed by atoms with Gasteiger partial charge in [0, 0.05) is 19.7 Å². The summed E-state index contributed by atoms with van der Waals surface area (Å²) in [5, 5.41) is 13.6. The van der Waals surface area contributed by atoms with Crippen LogP contribution in [-0.4, -0.2) is 46.4 Å². The molecule has 0 saturated carbocycles. The van der Waals surface area contributed by atoms with Crippen LogP contribution >= 0.6 is 0 Å². The zero-order chi connectivity index (χ0) is 16.8. The van der Waals surface area contributed by atoms with Gasteiger partial charge in [0.1, 0.15) is 12.4 Å². The average molecular weight is 332 g/mol. The highest BCUT2D eigenvalue weighted by molar-refractivity contribution is 5.79. The summed E-state index contributed by atoms with van der Waals surface area (Å²) in [6, 6.07) is 3.63. The molecule has 1 fully saturated rings. The Balaban J connectivity index is 1.59. The number of hydrogen-bond acceptors (Lipinski definition) is 5. The summed E-state index contributed by atoms with van der Waals surface area (Å²) in [5.74, 6) is 2.60. The molecule has 2 aromatic heterocycles. The van der Waals surface area contributed by atoms with Gasteiger partial charge < -0.3 is 19.8 Å². The second-order valence-electron chi connectivity index (χ2n) is 6.03. The van der Waals surface area contributed by atoms with Crippen LogP contribution in [-0.2, 0) is 11.3 Å². The number of nitrogens with one attached hydrogen (secondary N) is 3. The first-order valence-electron chi connectivity index (χ1n) is 8.30. The highest BCUT2D eigenvalue weighted by atomic mass is 16.5. The largest absolute Gasteiger partial charge is 0.461 e. The molecule has 2 aromatic rings. The van der Waals surface area contributed by atoms with Gasteiger partial charge in [0.2, 0.25) is 5.82 Å². The molecule has 3 N–H and O–H groups in total. The van der Waals surface area contributed by atoms with Gasteiger partial charge in [0.15, 0.2) is 11.7 Å². The minimum Gasteiger partial charge on any atom is -0.461 e. The van der Waals surface area contributed by atoms with E-state index in [1.807, 2.05) is 19.1 Å². The van der Waals surface area contributed by atoms with E-state index in [0.717, 1.165) is 38.5 Å². The number of H-pyrrole nitrogens is 1. The van der Waals surface area contributed by atoms with Crippen LogP contribution in [0.2, 0.25) is 0 Å². The molecule has 0 spiro atoms. The van der Waals surface area contributed by atoms with E-state index in [1.165, 1.54) is 0 Å². The van der Waals surface area contributed by atoms with Crippen molar-refractivity contribution in [2.24, 2.45) is 4.99 Å². The standard InChI is InChI=1S/C16H24N6O2/c1-3-17-15(19-11-16(2)7-5-9-24-16)18-10-13-20-14(22-21-13)12-6-4-8-23-12/h4,6,8H,3,5,7,9-11H2,1-2H3,(H2,17,18,19)(H,20,21,22). The fourth-order valence-corrected chi connectivity index (χ4v) is 2.62. The Labute approximate surface area is 141 Å². The summed E-state index contributed by atoms with van der Waals surface area (Å²) in [5.41, 5.74) is -0.116. The molecule has 3 heterocycles. The van der Waals surface area contributed by atoms with Crippen LogP contribution in [0.4, 0.5) is 0 Å². The molecule has 1 aliphatic rings. The molecular weight excluding hydrogens is 308 g/mol. The van der Waals surface area contributed by atoms with E-state index < -0.39 is 0 Å². The number of ether oxygens (including phenoxy) is 1. The molecule has 1 aliphatic heterocycles. The minimum absolute atomic E-state index is 0.116. The summed E-state index contributed by atoms with van der Waals surface area (Å²) < 4.78 is 11.1. The molecular formula is C16H24N6O2. The molecule has 0 aromatic carbocycles. The van der Waals surface area contributed by atoms with Crippen LogP contribution in [0, 0.1) is 0 Å². The van der Waals surface area contributed by atoms with Crippen molar-refractivity contribution in [2.75, 3.05) is 19.7 Å². The SMILES string of the molecule is CCNC(=NCc1nc(-c2ccco2)n[nH]1)NCC1(C)CCCO1. The average Bonchev–Trinajstić information content (AvgIpc) is 3.31. The molecule has 130 valence electrons. The normalized spacial score (nSPS) is 21.2. The van der Waals surface area contributed by atoms with E-state index >= 15 is 0 Å². The summed E-state index contributed by atoms with van der Waals surface area (Å²) in [6.45, 7) is 6.92. The predicted octanol–water partition coefficient (Wildman–Crippen LogP) is 1.69. The Hall–Kier alpha value is -2.35. The van der Waals surface area contributed by atoms with Crippen molar-refractivity contribution >= 4 is 5.96 Å². The molecule has 24 heavy (non-hydrogen) atoms. The first-order chi connectivity index (χ1) is 11.7. The Bertz CT molecular complexity index is 658. The third-order valence-electron chi connectivity index (χ3n) is 3.93. The van der Waals surface area contributed by atoms with E-state index in [1.54, 1.807) is 6.26 Å². The van der Waals surface area contributed by atoms with Gasteiger partial charge in [-0.15, -0.1) is 5.10 Å². The lowest BCUT2D eigenvalue weighted by molar-refractivity contribution is 0.0243. The number of furan rings is 1. The van der Waals surface area contributed by atoms with Crippen LogP contribution in [0.25, 0.3) is 11.6 Å². The number of rotatable bonds is 6. The summed E-state index contributed by atoms with van der Waals surface area (Å²) in [4.78, 5) is 8.93. The fraction of sp³-hybridized carbons (Fsp3) is 0.562. The number of hydrogen-bond donors (Lipinski definition) is 3. The van der Waals surface area contributed by atoms with Gasteiger partial charge in [-0.1, -0.05) is 0 Å². The van der Waals surface area contributed by atoms with E-state index in [2.05, 4.69) is 37.7 Å². The van der Waals surface area contributed by atoms with E-state index in [4.69, 9.17) is 9.15 Å². The zero-order valence-electron chi connectivity index (χ0n) is 14.1. The number of aromatic nitrogens is 3.